The van der Waals surface area contributed by atoms with Crippen LogP contribution in [0.4, 0.5) is 4.79 Å². The molecule has 1 aromatic carbocycles. The van der Waals surface area contributed by atoms with Gasteiger partial charge in [0, 0.05) is 11.4 Å². The number of carbonyl (C=O) groups is 3. The first-order chi connectivity index (χ1) is 11.0. The molecule has 0 aromatic heterocycles. The molecule has 1 saturated carbocycles. The number of primary amides is 1. The number of amides is 2. The number of nitrogens with two attached hydrogens (primary N) is 1. The summed E-state index contributed by atoms with van der Waals surface area (Å²) in [6.45, 7) is 0. The maximum atomic E-state index is 12.1. The fourth-order valence-corrected chi connectivity index (χ4v) is 2.69. The van der Waals surface area contributed by atoms with E-state index in [9.17, 15) is 14.4 Å². The van der Waals surface area contributed by atoms with Crippen molar-refractivity contribution in [3.63, 3.8) is 0 Å². The van der Waals surface area contributed by atoms with Gasteiger partial charge in [-0.2, -0.15) is 0 Å². The van der Waals surface area contributed by atoms with Crippen LogP contribution in [-0.4, -0.2) is 23.9 Å². The van der Waals surface area contributed by atoms with Crippen molar-refractivity contribution in [3.8, 4) is 0 Å². The van der Waals surface area contributed by atoms with Gasteiger partial charge in [0.1, 0.15) is 0 Å². The second-order valence-corrected chi connectivity index (χ2v) is 5.94. The van der Waals surface area contributed by atoms with Crippen LogP contribution in [0.25, 0.3) is 0 Å². The van der Waals surface area contributed by atoms with E-state index >= 15 is 0 Å². The number of hydrogen-bond acceptors (Lipinski definition) is 4. The number of rotatable bonds is 5. The van der Waals surface area contributed by atoms with Gasteiger partial charge in [-0.15, -0.1) is 0 Å². The van der Waals surface area contributed by atoms with Gasteiger partial charge in [-0.1, -0.05) is 23.7 Å². The third-order valence-electron chi connectivity index (χ3n) is 3.73. The lowest BCUT2D eigenvalue weighted by atomic mass is 9.96. The summed E-state index contributed by atoms with van der Waals surface area (Å²) in [4.78, 5) is 35.0. The first-order valence-electron chi connectivity index (χ1n) is 7.49. The van der Waals surface area contributed by atoms with Crippen LogP contribution >= 0.6 is 11.6 Å². The summed E-state index contributed by atoms with van der Waals surface area (Å²) in [6.07, 6.45) is 1.93. The molecule has 124 valence electrons. The molecule has 0 heterocycles. The lowest BCUT2D eigenvalue weighted by Crippen LogP contribution is -2.36. The van der Waals surface area contributed by atoms with Crippen molar-refractivity contribution in [2.24, 2.45) is 5.73 Å². The lowest BCUT2D eigenvalue weighted by molar-refractivity contribution is -0.157. The number of urea groups is 1. The van der Waals surface area contributed by atoms with Crippen molar-refractivity contribution in [1.29, 1.82) is 0 Å². The Hall–Kier alpha value is -2.08. The van der Waals surface area contributed by atoms with Gasteiger partial charge in [0.25, 0.3) is 0 Å². The number of ether oxygens (including phenoxy) is 1. The second-order valence-electron chi connectivity index (χ2n) is 5.51. The van der Waals surface area contributed by atoms with E-state index in [2.05, 4.69) is 5.32 Å². The molecule has 2 rings (SSSR count). The van der Waals surface area contributed by atoms with E-state index in [4.69, 9.17) is 22.1 Å². The normalized spacial score (nSPS) is 19.0. The topological polar surface area (TPSA) is 98.5 Å². The van der Waals surface area contributed by atoms with E-state index in [1.165, 1.54) is 0 Å². The number of hydrogen-bond donors (Lipinski definition) is 2. The molecule has 23 heavy (non-hydrogen) atoms. The first-order valence-corrected chi connectivity index (χ1v) is 7.87. The van der Waals surface area contributed by atoms with Crippen molar-refractivity contribution in [1.82, 2.24) is 5.32 Å². The van der Waals surface area contributed by atoms with Crippen molar-refractivity contribution in [3.05, 3.63) is 34.9 Å². The molecule has 2 atom stereocenters. The summed E-state index contributed by atoms with van der Waals surface area (Å²) in [7, 11) is 0. The summed E-state index contributed by atoms with van der Waals surface area (Å²) in [5.74, 6) is -0.588. The zero-order valence-corrected chi connectivity index (χ0v) is 13.3. The quantitative estimate of drug-likeness (QED) is 0.806. The Morgan fingerprint density at radius 1 is 1.30 bits per heavy atom. The Morgan fingerprint density at radius 2 is 2.00 bits per heavy atom. The highest BCUT2D eigenvalue weighted by Gasteiger charge is 2.27. The van der Waals surface area contributed by atoms with Crippen LogP contribution in [0.2, 0.25) is 5.02 Å². The van der Waals surface area contributed by atoms with Crippen LogP contribution in [-0.2, 0) is 14.3 Å². The van der Waals surface area contributed by atoms with E-state index in [1.807, 2.05) is 0 Å². The molecule has 0 saturated heterocycles. The van der Waals surface area contributed by atoms with Crippen LogP contribution in [0.5, 0.6) is 0 Å². The molecule has 7 heteroatoms. The van der Waals surface area contributed by atoms with Gasteiger partial charge in [0.05, 0.1) is 12.5 Å². The molecule has 0 bridgehead atoms. The van der Waals surface area contributed by atoms with E-state index in [-0.39, 0.29) is 12.2 Å². The highest BCUT2D eigenvalue weighted by molar-refractivity contribution is 6.30. The Kier molecular flexibility index (Phi) is 5.98. The fourth-order valence-electron chi connectivity index (χ4n) is 2.57. The molecule has 2 amide bonds. The summed E-state index contributed by atoms with van der Waals surface area (Å²) >= 11 is 5.83. The van der Waals surface area contributed by atoms with E-state index in [0.29, 0.717) is 23.4 Å². The van der Waals surface area contributed by atoms with Gasteiger partial charge in [0.2, 0.25) is 0 Å². The molecule has 0 aliphatic heterocycles. The highest BCUT2D eigenvalue weighted by Crippen LogP contribution is 2.22. The molecular weight excluding hydrogens is 320 g/mol. The third kappa shape index (κ3) is 5.25. The van der Waals surface area contributed by atoms with Gasteiger partial charge in [0.15, 0.2) is 11.9 Å². The minimum atomic E-state index is -0.744. The molecule has 0 radical (unpaired) electrons. The van der Waals surface area contributed by atoms with Crippen LogP contribution in [0.15, 0.2) is 24.3 Å². The first kappa shape index (κ1) is 17.3. The predicted octanol–water partition coefficient (Wildman–Crippen LogP) is 2.49. The molecule has 1 aliphatic carbocycles. The molecule has 6 nitrogen and oxygen atoms in total. The number of nitrogens with one attached hydrogen (secondary N) is 1. The number of Topliss-reactive ketones (excluding diaryl/α,β-unsaturated/α-hetero) is 1. The van der Waals surface area contributed by atoms with Gasteiger partial charge in [-0.3, -0.25) is 9.59 Å². The molecule has 0 spiro atoms. The largest absolute Gasteiger partial charge is 0.454 e. The van der Waals surface area contributed by atoms with Crippen LogP contribution in [0, 0.1) is 0 Å². The smallest absolute Gasteiger partial charge is 0.312 e. The van der Waals surface area contributed by atoms with E-state index < -0.39 is 24.1 Å². The fraction of sp³-hybridized carbons (Fsp3) is 0.438. The van der Waals surface area contributed by atoms with Gasteiger partial charge in [-0.25, -0.2) is 4.79 Å². The summed E-state index contributed by atoms with van der Waals surface area (Å²) in [5, 5.41) is 3.05. The van der Waals surface area contributed by atoms with Crippen molar-refractivity contribution in [2.75, 3.05) is 0 Å². The van der Waals surface area contributed by atoms with E-state index in [1.54, 1.807) is 24.3 Å². The molecule has 1 aliphatic rings. The molecule has 1 fully saturated rings. The minimum Gasteiger partial charge on any atom is -0.454 e. The van der Waals surface area contributed by atoms with Gasteiger partial charge >= 0.3 is 12.0 Å². The molecular formula is C16H19ClN2O4. The standard InChI is InChI=1S/C16H19ClN2O4/c17-11-7-5-10(6-8-11)12(19-16(18)22)9-15(21)23-14-4-2-1-3-13(14)20/h5-8,12,14H,1-4,9H2,(H3,18,19,22)/t12-,14+/m0/s1. The monoisotopic (exact) mass is 338 g/mol. The van der Waals surface area contributed by atoms with Crippen molar-refractivity contribution in [2.45, 2.75) is 44.2 Å². The lowest BCUT2D eigenvalue weighted by Gasteiger charge is -2.22. The zero-order chi connectivity index (χ0) is 16.8. The Balaban J connectivity index is 2.01. The number of ketones is 1. The zero-order valence-electron chi connectivity index (χ0n) is 12.6. The third-order valence-corrected chi connectivity index (χ3v) is 3.98. The number of esters is 1. The predicted molar refractivity (Wildman–Crippen MR) is 84.9 cm³/mol. The molecule has 0 unspecified atom stereocenters. The average molecular weight is 339 g/mol. The second kappa shape index (κ2) is 7.97. The van der Waals surface area contributed by atoms with Gasteiger partial charge in [-0.05, 0) is 37.0 Å². The Bertz CT molecular complexity index is 588. The number of halogens is 1. The molecule has 1 aromatic rings. The number of carbonyl (C=O) groups excluding carboxylic acids is 3. The summed E-state index contributed by atoms with van der Waals surface area (Å²) < 4.78 is 5.25. The Morgan fingerprint density at radius 3 is 2.61 bits per heavy atom. The SMILES string of the molecule is NC(=O)N[C@@H](CC(=O)O[C@@H]1CCCCC1=O)c1ccc(Cl)cc1. The highest BCUT2D eigenvalue weighted by atomic mass is 35.5. The van der Waals surface area contributed by atoms with Crippen LogP contribution in [0.1, 0.15) is 43.7 Å². The van der Waals surface area contributed by atoms with Crippen LogP contribution < -0.4 is 11.1 Å². The average Bonchev–Trinajstić information content (AvgIpc) is 2.49. The molecule has 3 N–H and O–H groups in total. The number of benzene rings is 1. The van der Waals surface area contributed by atoms with Crippen LogP contribution in [0.3, 0.4) is 0 Å². The van der Waals surface area contributed by atoms with Crippen molar-refractivity contribution >= 4 is 29.4 Å². The summed E-state index contributed by atoms with van der Waals surface area (Å²) in [6, 6.07) is 5.33. The van der Waals surface area contributed by atoms with Crippen molar-refractivity contribution < 1.29 is 19.1 Å². The summed E-state index contributed by atoms with van der Waals surface area (Å²) in [5.41, 5.74) is 5.84. The Labute approximate surface area is 139 Å². The minimum absolute atomic E-state index is 0.0458. The van der Waals surface area contributed by atoms with E-state index in [0.717, 1.165) is 12.8 Å². The maximum Gasteiger partial charge on any atom is 0.312 e. The van der Waals surface area contributed by atoms with Gasteiger partial charge < -0.3 is 15.8 Å². The maximum absolute atomic E-state index is 12.1.